The molecule has 116 valence electrons. The van der Waals surface area contributed by atoms with Gasteiger partial charge in [0.25, 0.3) is 5.91 Å². The molecule has 0 radical (unpaired) electrons. The van der Waals surface area contributed by atoms with E-state index in [1.807, 2.05) is 43.0 Å². The second-order valence-electron chi connectivity index (χ2n) is 5.58. The zero-order valence-electron chi connectivity index (χ0n) is 13.4. The van der Waals surface area contributed by atoms with E-state index in [0.29, 0.717) is 0 Å². The Bertz CT molecular complexity index is 604. The van der Waals surface area contributed by atoms with Gasteiger partial charge in [0, 0.05) is 22.3 Å². The van der Waals surface area contributed by atoms with Crippen LogP contribution in [-0.4, -0.2) is 11.9 Å². The van der Waals surface area contributed by atoms with Gasteiger partial charge in [0.2, 0.25) is 0 Å². The van der Waals surface area contributed by atoms with E-state index < -0.39 is 0 Å². The first kappa shape index (κ1) is 16.6. The molecule has 0 unspecified atom stereocenters. The molecule has 0 aliphatic carbocycles. The van der Waals surface area contributed by atoms with E-state index in [1.54, 1.807) is 0 Å². The van der Waals surface area contributed by atoms with E-state index in [0.717, 1.165) is 17.7 Å². The van der Waals surface area contributed by atoms with E-state index in [9.17, 15) is 4.79 Å². The molecule has 3 heteroatoms. The SMILES string of the molecule is CC[C@H](C)NC(=O)c1ccc(CSc2ccc(C)cc2)cc1. The normalized spacial score (nSPS) is 12.0. The van der Waals surface area contributed by atoms with Crippen molar-refractivity contribution in [2.75, 3.05) is 0 Å². The first-order chi connectivity index (χ1) is 10.6. The Morgan fingerprint density at radius 1 is 1.09 bits per heavy atom. The van der Waals surface area contributed by atoms with Crippen molar-refractivity contribution in [3.63, 3.8) is 0 Å². The van der Waals surface area contributed by atoms with E-state index >= 15 is 0 Å². The van der Waals surface area contributed by atoms with Crippen molar-refractivity contribution >= 4 is 17.7 Å². The molecule has 2 aromatic rings. The van der Waals surface area contributed by atoms with Gasteiger partial charge in [-0.2, -0.15) is 0 Å². The molecule has 22 heavy (non-hydrogen) atoms. The van der Waals surface area contributed by atoms with Gasteiger partial charge < -0.3 is 5.32 Å². The molecule has 1 N–H and O–H groups in total. The van der Waals surface area contributed by atoms with Crippen LogP contribution in [0.1, 0.15) is 41.8 Å². The summed E-state index contributed by atoms with van der Waals surface area (Å²) in [4.78, 5) is 13.3. The summed E-state index contributed by atoms with van der Waals surface area (Å²) in [6.45, 7) is 6.18. The largest absolute Gasteiger partial charge is 0.350 e. The lowest BCUT2D eigenvalue weighted by Gasteiger charge is -2.11. The quantitative estimate of drug-likeness (QED) is 0.775. The highest BCUT2D eigenvalue weighted by molar-refractivity contribution is 7.98. The van der Waals surface area contributed by atoms with Crippen LogP contribution in [0.15, 0.2) is 53.4 Å². The molecule has 2 rings (SSSR count). The third-order valence-corrected chi connectivity index (χ3v) is 4.72. The Kier molecular flexibility index (Phi) is 6.08. The molecule has 1 atom stereocenters. The Balaban J connectivity index is 1.91. The molecule has 0 aliphatic rings. The van der Waals surface area contributed by atoms with Crippen molar-refractivity contribution in [1.82, 2.24) is 5.32 Å². The number of carbonyl (C=O) groups is 1. The number of amides is 1. The van der Waals surface area contributed by atoms with Crippen LogP contribution in [0.25, 0.3) is 0 Å². The Hall–Kier alpha value is -1.74. The lowest BCUT2D eigenvalue weighted by atomic mass is 10.1. The summed E-state index contributed by atoms with van der Waals surface area (Å²) in [7, 11) is 0. The highest BCUT2D eigenvalue weighted by Crippen LogP contribution is 2.23. The molecule has 2 aromatic carbocycles. The molecule has 0 fully saturated rings. The molecule has 0 aliphatic heterocycles. The molecule has 0 saturated carbocycles. The van der Waals surface area contributed by atoms with Crippen molar-refractivity contribution in [1.29, 1.82) is 0 Å². The molecular weight excluding hydrogens is 290 g/mol. The van der Waals surface area contributed by atoms with E-state index in [1.165, 1.54) is 16.0 Å². The zero-order chi connectivity index (χ0) is 15.9. The van der Waals surface area contributed by atoms with Crippen molar-refractivity contribution in [2.24, 2.45) is 0 Å². The first-order valence-corrected chi connectivity index (χ1v) is 8.66. The van der Waals surface area contributed by atoms with Crippen LogP contribution in [0.5, 0.6) is 0 Å². The fraction of sp³-hybridized carbons (Fsp3) is 0.316. The minimum Gasteiger partial charge on any atom is -0.350 e. The molecule has 0 bridgehead atoms. The minimum atomic E-state index is 0.00656. The van der Waals surface area contributed by atoms with E-state index in [-0.39, 0.29) is 11.9 Å². The summed E-state index contributed by atoms with van der Waals surface area (Å²) in [5, 5.41) is 2.98. The standard InChI is InChI=1S/C19H23NOS/c1-4-15(3)20-19(21)17-9-7-16(8-10-17)13-22-18-11-5-14(2)6-12-18/h5-12,15H,4,13H2,1-3H3,(H,20,21)/t15-/m0/s1. The van der Waals surface area contributed by atoms with Crippen LogP contribution in [-0.2, 0) is 5.75 Å². The second-order valence-corrected chi connectivity index (χ2v) is 6.63. The average molecular weight is 313 g/mol. The van der Waals surface area contributed by atoms with Gasteiger partial charge in [-0.15, -0.1) is 11.8 Å². The van der Waals surface area contributed by atoms with Gasteiger partial charge >= 0.3 is 0 Å². The van der Waals surface area contributed by atoms with Gasteiger partial charge in [-0.25, -0.2) is 0 Å². The Morgan fingerprint density at radius 3 is 2.32 bits per heavy atom. The summed E-state index contributed by atoms with van der Waals surface area (Å²) < 4.78 is 0. The molecule has 0 heterocycles. The topological polar surface area (TPSA) is 29.1 Å². The van der Waals surface area contributed by atoms with Gasteiger partial charge in [-0.1, -0.05) is 36.8 Å². The molecule has 1 amide bonds. The van der Waals surface area contributed by atoms with Crippen LogP contribution >= 0.6 is 11.8 Å². The van der Waals surface area contributed by atoms with Gasteiger partial charge in [-0.05, 0) is 50.1 Å². The highest BCUT2D eigenvalue weighted by Gasteiger charge is 2.08. The minimum absolute atomic E-state index is 0.00656. The van der Waals surface area contributed by atoms with Crippen LogP contribution in [0.3, 0.4) is 0 Å². The lowest BCUT2D eigenvalue weighted by molar-refractivity contribution is 0.0939. The number of benzene rings is 2. The monoisotopic (exact) mass is 313 g/mol. The van der Waals surface area contributed by atoms with E-state index in [4.69, 9.17) is 0 Å². The fourth-order valence-corrected chi connectivity index (χ4v) is 2.82. The molecule has 0 aromatic heterocycles. The maximum Gasteiger partial charge on any atom is 0.251 e. The predicted octanol–water partition coefficient (Wildman–Crippen LogP) is 4.82. The van der Waals surface area contributed by atoms with Gasteiger partial charge in [0.1, 0.15) is 0 Å². The maximum atomic E-state index is 12.0. The third kappa shape index (κ3) is 4.92. The smallest absolute Gasteiger partial charge is 0.251 e. The number of hydrogen-bond donors (Lipinski definition) is 1. The van der Waals surface area contributed by atoms with Crippen LogP contribution < -0.4 is 5.32 Å². The van der Waals surface area contributed by atoms with Crippen LogP contribution in [0.2, 0.25) is 0 Å². The maximum absolute atomic E-state index is 12.0. The van der Waals surface area contributed by atoms with Crippen LogP contribution in [0.4, 0.5) is 0 Å². The number of rotatable bonds is 6. The number of hydrogen-bond acceptors (Lipinski definition) is 2. The number of aryl methyl sites for hydroxylation is 1. The van der Waals surface area contributed by atoms with Gasteiger partial charge in [-0.3, -0.25) is 4.79 Å². The van der Waals surface area contributed by atoms with E-state index in [2.05, 4.69) is 43.4 Å². The number of thioether (sulfide) groups is 1. The average Bonchev–Trinajstić information content (AvgIpc) is 2.54. The van der Waals surface area contributed by atoms with Crippen LogP contribution in [0, 0.1) is 6.92 Å². The summed E-state index contributed by atoms with van der Waals surface area (Å²) in [6.07, 6.45) is 0.941. The van der Waals surface area contributed by atoms with Gasteiger partial charge in [0.05, 0.1) is 0 Å². The van der Waals surface area contributed by atoms with Crippen molar-refractivity contribution in [3.05, 3.63) is 65.2 Å². The number of nitrogens with one attached hydrogen (secondary N) is 1. The zero-order valence-corrected chi connectivity index (χ0v) is 14.2. The second kappa shape index (κ2) is 8.04. The fourth-order valence-electron chi connectivity index (χ4n) is 1.96. The lowest BCUT2D eigenvalue weighted by Crippen LogP contribution is -2.31. The predicted molar refractivity (Wildman–Crippen MR) is 94.4 cm³/mol. The number of carbonyl (C=O) groups excluding carboxylic acids is 1. The van der Waals surface area contributed by atoms with Gasteiger partial charge in [0.15, 0.2) is 0 Å². The first-order valence-electron chi connectivity index (χ1n) is 7.67. The summed E-state index contributed by atoms with van der Waals surface area (Å²) in [5.74, 6) is 0.920. The van der Waals surface area contributed by atoms with Crippen molar-refractivity contribution < 1.29 is 4.79 Å². The van der Waals surface area contributed by atoms with Crippen molar-refractivity contribution in [3.8, 4) is 0 Å². The Morgan fingerprint density at radius 2 is 1.73 bits per heavy atom. The molecular formula is C19H23NOS. The summed E-state index contributed by atoms with van der Waals surface area (Å²) in [6, 6.07) is 16.6. The summed E-state index contributed by atoms with van der Waals surface area (Å²) in [5.41, 5.74) is 3.23. The Labute approximate surface area is 137 Å². The molecule has 0 spiro atoms. The highest BCUT2D eigenvalue weighted by atomic mass is 32.2. The summed E-state index contributed by atoms with van der Waals surface area (Å²) >= 11 is 1.81. The molecule has 0 saturated heterocycles. The third-order valence-electron chi connectivity index (χ3n) is 3.63. The molecule has 2 nitrogen and oxygen atoms in total. The van der Waals surface area contributed by atoms with Crippen molar-refractivity contribution in [2.45, 2.75) is 43.9 Å².